The quantitative estimate of drug-likeness (QED) is 0.309. The number of benzene rings is 1. The first-order valence-corrected chi connectivity index (χ1v) is 11.5. The Morgan fingerprint density at radius 1 is 0.903 bits per heavy atom. The molecule has 2 heterocycles. The summed E-state index contributed by atoms with van der Waals surface area (Å²) in [7, 11) is 0. The van der Waals surface area contributed by atoms with E-state index in [-0.39, 0.29) is 23.5 Å². The van der Waals surface area contributed by atoms with Crippen LogP contribution in [0.25, 0.3) is 5.57 Å². The molecule has 1 saturated carbocycles. The number of carbonyl (C=O) groups excluding carboxylic acids is 2. The minimum absolute atomic E-state index is 0.0245. The van der Waals surface area contributed by atoms with Gasteiger partial charge in [0.2, 0.25) is 0 Å². The van der Waals surface area contributed by atoms with Crippen LogP contribution in [-0.4, -0.2) is 45.7 Å². The fraction of sp³-hybridized carbons (Fsp3) is 0.583. The van der Waals surface area contributed by atoms with Gasteiger partial charge in [-0.1, -0.05) is 39.5 Å². The molecular formula is C24H31N3O4. The number of likely N-dealkylation sites (tertiary alicyclic amines) is 1. The van der Waals surface area contributed by atoms with Crippen molar-refractivity contribution in [2.24, 2.45) is 11.8 Å². The molecule has 2 unspecified atom stereocenters. The van der Waals surface area contributed by atoms with Gasteiger partial charge in [-0.05, 0) is 48.8 Å². The van der Waals surface area contributed by atoms with Crippen molar-refractivity contribution in [3.05, 3.63) is 45.6 Å². The van der Waals surface area contributed by atoms with Crippen molar-refractivity contribution in [3.8, 4) is 0 Å². The maximum Gasteiger partial charge on any atom is 0.278 e. The Bertz CT molecular complexity index is 890. The van der Waals surface area contributed by atoms with Gasteiger partial charge in [-0.2, -0.15) is 0 Å². The van der Waals surface area contributed by atoms with Gasteiger partial charge in [-0.25, -0.2) is 0 Å². The molecule has 1 saturated heterocycles. The van der Waals surface area contributed by atoms with Gasteiger partial charge in [-0.15, -0.1) is 0 Å². The summed E-state index contributed by atoms with van der Waals surface area (Å²) in [6.07, 6.45) is 7.15. The molecule has 0 N–H and O–H groups in total. The summed E-state index contributed by atoms with van der Waals surface area (Å²) in [6.45, 7) is 5.85. The molecule has 2 amide bonds. The Balaban J connectivity index is 1.76. The van der Waals surface area contributed by atoms with Crippen LogP contribution in [0.1, 0.15) is 64.4 Å². The lowest BCUT2D eigenvalue weighted by atomic mass is 9.91. The molecule has 7 heteroatoms. The smallest absolute Gasteiger partial charge is 0.278 e. The highest BCUT2D eigenvalue weighted by Crippen LogP contribution is 2.38. The number of hydrogen-bond acceptors (Lipinski definition) is 5. The van der Waals surface area contributed by atoms with Crippen LogP contribution in [0.2, 0.25) is 0 Å². The fourth-order valence-electron chi connectivity index (χ4n) is 5.53. The van der Waals surface area contributed by atoms with E-state index in [4.69, 9.17) is 0 Å². The number of amides is 2. The monoisotopic (exact) mass is 425 g/mol. The third-order valence-electron chi connectivity index (χ3n) is 6.83. The number of nitro groups is 1. The molecule has 2 fully saturated rings. The Morgan fingerprint density at radius 2 is 1.48 bits per heavy atom. The van der Waals surface area contributed by atoms with E-state index in [2.05, 4.69) is 18.7 Å². The molecule has 166 valence electrons. The number of imide groups is 1. The summed E-state index contributed by atoms with van der Waals surface area (Å²) in [5.74, 6) is 0.437. The highest BCUT2D eigenvalue weighted by atomic mass is 16.6. The first-order chi connectivity index (χ1) is 14.9. The second-order valence-corrected chi connectivity index (χ2v) is 9.50. The highest BCUT2D eigenvalue weighted by Gasteiger charge is 2.45. The van der Waals surface area contributed by atoms with E-state index in [9.17, 15) is 19.7 Å². The van der Waals surface area contributed by atoms with Crippen LogP contribution in [0.4, 0.5) is 5.69 Å². The second-order valence-electron chi connectivity index (χ2n) is 9.50. The van der Waals surface area contributed by atoms with Gasteiger partial charge >= 0.3 is 0 Å². The average molecular weight is 426 g/mol. The fourth-order valence-corrected chi connectivity index (χ4v) is 5.53. The van der Waals surface area contributed by atoms with Gasteiger partial charge in [0, 0.05) is 31.3 Å². The van der Waals surface area contributed by atoms with Gasteiger partial charge in [0.1, 0.15) is 5.70 Å². The van der Waals surface area contributed by atoms with Crippen LogP contribution in [0.5, 0.6) is 0 Å². The highest BCUT2D eigenvalue weighted by molar-refractivity contribution is 6.35. The van der Waals surface area contributed by atoms with E-state index in [1.165, 1.54) is 17.0 Å². The lowest BCUT2D eigenvalue weighted by molar-refractivity contribution is -0.384. The maximum atomic E-state index is 13.7. The predicted octanol–water partition coefficient (Wildman–Crippen LogP) is 4.38. The number of rotatable bonds is 4. The van der Waals surface area contributed by atoms with Crippen LogP contribution in [0, 0.1) is 22.0 Å². The van der Waals surface area contributed by atoms with Crippen molar-refractivity contribution in [1.29, 1.82) is 0 Å². The molecule has 4 rings (SSSR count). The summed E-state index contributed by atoms with van der Waals surface area (Å²) < 4.78 is 0. The Kier molecular flexibility index (Phi) is 6.12. The van der Waals surface area contributed by atoms with Gasteiger partial charge in [0.15, 0.2) is 0 Å². The number of piperidine rings is 1. The lowest BCUT2D eigenvalue weighted by Gasteiger charge is -2.37. The normalized spacial score (nSPS) is 25.9. The third-order valence-corrected chi connectivity index (χ3v) is 6.83. The molecule has 3 aliphatic rings. The third kappa shape index (κ3) is 4.23. The zero-order chi connectivity index (χ0) is 22.1. The average Bonchev–Trinajstić information content (AvgIpc) is 2.88. The molecule has 1 aromatic carbocycles. The molecule has 0 aromatic heterocycles. The zero-order valence-corrected chi connectivity index (χ0v) is 18.4. The first-order valence-electron chi connectivity index (χ1n) is 11.5. The van der Waals surface area contributed by atoms with Crippen molar-refractivity contribution in [2.45, 2.75) is 64.8 Å². The lowest BCUT2D eigenvalue weighted by Crippen LogP contribution is -2.44. The van der Waals surface area contributed by atoms with Crippen LogP contribution in [0.3, 0.4) is 0 Å². The van der Waals surface area contributed by atoms with E-state index in [1.807, 2.05) is 0 Å². The number of carbonyl (C=O) groups is 2. The molecule has 0 spiro atoms. The molecule has 7 nitrogen and oxygen atoms in total. The topological polar surface area (TPSA) is 83.8 Å². The number of nitrogens with zero attached hydrogens (tertiary/aromatic N) is 3. The van der Waals surface area contributed by atoms with Crippen molar-refractivity contribution >= 4 is 23.1 Å². The predicted molar refractivity (Wildman–Crippen MR) is 118 cm³/mol. The molecule has 2 aliphatic heterocycles. The summed E-state index contributed by atoms with van der Waals surface area (Å²) in [4.78, 5) is 41.6. The molecule has 0 bridgehead atoms. The molecule has 31 heavy (non-hydrogen) atoms. The van der Waals surface area contributed by atoms with E-state index in [0.29, 0.717) is 28.7 Å². The van der Waals surface area contributed by atoms with E-state index >= 15 is 0 Å². The van der Waals surface area contributed by atoms with Crippen molar-refractivity contribution < 1.29 is 14.5 Å². The van der Waals surface area contributed by atoms with Crippen molar-refractivity contribution in [3.63, 3.8) is 0 Å². The van der Waals surface area contributed by atoms with Gasteiger partial charge in [0.05, 0.1) is 10.5 Å². The minimum atomic E-state index is -0.452. The summed E-state index contributed by atoms with van der Waals surface area (Å²) in [5.41, 5.74) is 1.46. The van der Waals surface area contributed by atoms with E-state index in [1.54, 1.807) is 12.1 Å². The van der Waals surface area contributed by atoms with E-state index < -0.39 is 4.92 Å². The van der Waals surface area contributed by atoms with Gasteiger partial charge < -0.3 is 4.90 Å². The van der Waals surface area contributed by atoms with Gasteiger partial charge in [-0.3, -0.25) is 24.6 Å². The zero-order valence-electron chi connectivity index (χ0n) is 18.4. The SMILES string of the molecule is CC1CC(C)CN(C2=C(c3ccc([N+](=O)[O-])cc3)C(=O)N(C3CCCCCC3)C2=O)C1. The summed E-state index contributed by atoms with van der Waals surface area (Å²) >= 11 is 0. The standard InChI is InChI=1S/C24H31N3O4/c1-16-13-17(2)15-25(14-16)22-21(18-9-11-20(12-10-18)27(30)31)23(28)26(24(22)29)19-7-5-3-4-6-8-19/h9-12,16-17,19H,3-8,13-15H2,1-2H3. The number of hydrogen-bond donors (Lipinski definition) is 0. The second kappa shape index (κ2) is 8.81. The van der Waals surface area contributed by atoms with Crippen molar-refractivity contribution in [2.75, 3.05) is 13.1 Å². The molecule has 0 radical (unpaired) electrons. The molecular weight excluding hydrogens is 394 g/mol. The molecule has 1 aromatic rings. The molecule has 2 atom stereocenters. The summed E-state index contributed by atoms with van der Waals surface area (Å²) in [6, 6.07) is 5.96. The summed E-state index contributed by atoms with van der Waals surface area (Å²) in [5, 5.41) is 11.1. The van der Waals surface area contributed by atoms with Gasteiger partial charge in [0.25, 0.3) is 17.5 Å². The van der Waals surface area contributed by atoms with E-state index in [0.717, 1.165) is 58.0 Å². The van der Waals surface area contributed by atoms with Crippen LogP contribution in [0.15, 0.2) is 30.0 Å². The Hall–Kier alpha value is -2.70. The van der Waals surface area contributed by atoms with Crippen LogP contribution >= 0.6 is 0 Å². The Labute approximate surface area is 183 Å². The number of nitro benzene ring substituents is 1. The molecule has 1 aliphatic carbocycles. The van der Waals surface area contributed by atoms with Crippen molar-refractivity contribution in [1.82, 2.24) is 9.80 Å². The first kappa shape index (κ1) is 21.5. The van der Waals surface area contributed by atoms with Crippen LogP contribution < -0.4 is 0 Å². The van der Waals surface area contributed by atoms with Crippen LogP contribution in [-0.2, 0) is 9.59 Å². The Morgan fingerprint density at radius 3 is 2.03 bits per heavy atom. The minimum Gasteiger partial charge on any atom is -0.366 e. The maximum absolute atomic E-state index is 13.7. The number of non-ortho nitro benzene ring substituents is 1. The largest absolute Gasteiger partial charge is 0.366 e.